The molecule has 3 aromatic rings. The van der Waals surface area contributed by atoms with E-state index < -0.39 is 10.0 Å². The van der Waals surface area contributed by atoms with Gasteiger partial charge in [0, 0.05) is 42.3 Å². The number of nitrogens with zero attached hydrogens (tertiary/aromatic N) is 4. The predicted molar refractivity (Wildman–Crippen MR) is 131 cm³/mol. The average Bonchev–Trinajstić information content (AvgIpc) is 3.18. The molecule has 9 heteroatoms. The number of anilines is 1. The first kappa shape index (κ1) is 24.9. The molecule has 3 rings (SSSR count). The van der Waals surface area contributed by atoms with E-state index in [0.717, 1.165) is 27.9 Å². The number of hydrogen-bond donors (Lipinski definition) is 1. The SMILES string of the molecule is CCN(CC)S(=O)(=O)c1cccc(NC(=O)CCc2c(C)nc3c(cnn3C(C)C)c2C)c1. The van der Waals surface area contributed by atoms with Gasteiger partial charge in [-0.2, -0.15) is 9.40 Å². The van der Waals surface area contributed by atoms with Gasteiger partial charge in [-0.25, -0.2) is 18.1 Å². The van der Waals surface area contributed by atoms with Gasteiger partial charge in [0.15, 0.2) is 5.65 Å². The summed E-state index contributed by atoms with van der Waals surface area (Å²) in [5.41, 5.74) is 4.35. The molecule has 0 unspecified atom stereocenters. The highest BCUT2D eigenvalue weighted by Crippen LogP contribution is 2.26. The average molecular weight is 472 g/mol. The lowest BCUT2D eigenvalue weighted by Gasteiger charge is -2.19. The summed E-state index contributed by atoms with van der Waals surface area (Å²) >= 11 is 0. The number of aryl methyl sites for hydroxylation is 2. The van der Waals surface area contributed by atoms with Crippen LogP contribution < -0.4 is 5.32 Å². The summed E-state index contributed by atoms with van der Waals surface area (Å²) in [5, 5.41) is 8.30. The molecule has 0 spiro atoms. The van der Waals surface area contributed by atoms with Gasteiger partial charge >= 0.3 is 0 Å². The molecule has 1 aromatic carbocycles. The number of carbonyl (C=O) groups excluding carboxylic acids is 1. The van der Waals surface area contributed by atoms with E-state index in [-0.39, 0.29) is 23.3 Å². The molecular formula is C24H33N5O3S. The molecule has 178 valence electrons. The third kappa shape index (κ3) is 5.09. The van der Waals surface area contributed by atoms with Crippen LogP contribution in [0.1, 0.15) is 57.0 Å². The van der Waals surface area contributed by atoms with Crippen molar-refractivity contribution < 1.29 is 13.2 Å². The number of carbonyl (C=O) groups is 1. The van der Waals surface area contributed by atoms with Crippen LogP contribution in [-0.4, -0.2) is 46.5 Å². The maximum atomic E-state index is 12.8. The Kier molecular flexibility index (Phi) is 7.54. The van der Waals surface area contributed by atoms with E-state index in [9.17, 15) is 13.2 Å². The van der Waals surface area contributed by atoms with Gasteiger partial charge in [-0.05, 0) is 63.4 Å². The summed E-state index contributed by atoms with van der Waals surface area (Å²) < 4.78 is 28.8. The van der Waals surface area contributed by atoms with Crippen LogP contribution >= 0.6 is 0 Å². The van der Waals surface area contributed by atoms with Gasteiger partial charge in [0.1, 0.15) is 0 Å². The highest BCUT2D eigenvalue weighted by molar-refractivity contribution is 7.89. The Morgan fingerprint density at radius 2 is 1.88 bits per heavy atom. The smallest absolute Gasteiger partial charge is 0.243 e. The van der Waals surface area contributed by atoms with E-state index in [2.05, 4.69) is 24.3 Å². The van der Waals surface area contributed by atoms with Crippen molar-refractivity contribution in [3.63, 3.8) is 0 Å². The quantitative estimate of drug-likeness (QED) is 0.504. The minimum atomic E-state index is -3.59. The zero-order valence-corrected chi connectivity index (χ0v) is 21.0. The summed E-state index contributed by atoms with van der Waals surface area (Å²) in [6.45, 7) is 12.5. The van der Waals surface area contributed by atoms with Crippen molar-refractivity contribution in [2.24, 2.45) is 0 Å². The van der Waals surface area contributed by atoms with E-state index >= 15 is 0 Å². The molecule has 0 bridgehead atoms. The number of hydrogen-bond acceptors (Lipinski definition) is 5. The van der Waals surface area contributed by atoms with Gasteiger partial charge in [0.05, 0.1) is 11.1 Å². The second-order valence-electron chi connectivity index (χ2n) is 8.39. The Hall–Kier alpha value is -2.78. The monoisotopic (exact) mass is 471 g/mol. The van der Waals surface area contributed by atoms with Crippen LogP contribution in [0.25, 0.3) is 11.0 Å². The van der Waals surface area contributed by atoms with Crippen molar-refractivity contribution >= 4 is 32.7 Å². The fraction of sp³-hybridized carbons (Fsp3) is 0.458. The summed E-state index contributed by atoms with van der Waals surface area (Å²) in [6, 6.07) is 6.62. The molecule has 33 heavy (non-hydrogen) atoms. The van der Waals surface area contributed by atoms with E-state index in [1.807, 2.05) is 24.7 Å². The maximum Gasteiger partial charge on any atom is 0.243 e. The first-order valence-corrected chi connectivity index (χ1v) is 12.8. The van der Waals surface area contributed by atoms with Crippen LogP contribution in [0.3, 0.4) is 0 Å². The number of nitrogens with one attached hydrogen (secondary N) is 1. The highest BCUT2D eigenvalue weighted by Gasteiger charge is 2.22. The molecule has 0 fully saturated rings. The van der Waals surface area contributed by atoms with Gasteiger partial charge < -0.3 is 5.32 Å². The highest BCUT2D eigenvalue weighted by atomic mass is 32.2. The molecule has 0 aliphatic carbocycles. The first-order chi connectivity index (χ1) is 15.6. The Bertz CT molecular complexity index is 1260. The lowest BCUT2D eigenvalue weighted by molar-refractivity contribution is -0.116. The Labute approximate surface area is 196 Å². The van der Waals surface area contributed by atoms with E-state index in [0.29, 0.717) is 25.2 Å². The Morgan fingerprint density at radius 1 is 1.18 bits per heavy atom. The molecule has 1 N–H and O–H groups in total. The lowest BCUT2D eigenvalue weighted by atomic mass is 10.0. The van der Waals surface area contributed by atoms with Gasteiger partial charge in [0.25, 0.3) is 0 Å². The van der Waals surface area contributed by atoms with Crippen molar-refractivity contribution in [2.45, 2.75) is 65.3 Å². The van der Waals surface area contributed by atoms with Crippen LogP contribution in [0, 0.1) is 13.8 Å². The molecule has 0 saturated heterocycles. The zero-order chi connectivity index (χ0) is 24.3. The standard InChI is InChI=1S/C24H33N5O3S/c1-7-28(8-2)33(31,32)20-11-9-10-19(14-20)27-23(30)13-12-21-17(5)22-15-25-29(16(3)4)24(22)26-18(21)6/h9-11,14-16H,7-8,12-13H2,1-6H3,(H,27,30). The summed E-state index contributed by atoms with van der Waals surface area (Å²) in [7, 11) is -3.59. The van der Waals surface area contributed by atoms with Crippen LogP contribution in [-0.2, 0) is 21.2 Å². The predicted octanol–water partition coefficient (Wildman–Crippen LogP) is 4.23. The second kappa shape index (κ2) is 10.0. The minimum Gasteiger partial charge on any atom is -0.326 e. The fourth-order valence-corrected chi connectivity index (χ4v) is 5.55. The summed E-state index contributed by atoms with van der Waals surface area (Å²) in [5.74, 6) is -0.177. The first-order valence-electron chi connectivity index (χ1n) is 11.3. The van der Waals surface area contributed by atoms with Gasteiger partial charge in [0.2, 0.25) is 15.9 Å². The van der Waals surface area contributed by atoms with E-state index in [1.54, 1.807) is 32.0 Å². The number of pyridine rings is 1. The number of benzene rings is 1. The third-order valence-electron chi connectivity index (χ3n) is 5.89. The van der Waals surface area contributed by atoms with Crippen molar-refractivity contribution in [3.05, 3.63) is 47.3 Å². The zero-order valence-electron chi connectivity index (χ0n) is 20.2. The molecule has 0 aliphatic rings. The molecule has 0 atom stereocenters. The fourth-order valence-electron chi connectivity index (χ4n) is 4.05. The van der Waals surface area contributed by atoms with Crippen LogP contribution in [0.2, 0.25) is 0 Å². The van der Waals surface area contributed by atoms with Crippen molar-refractivity contribution in [2.75, 3.05) is 18.4 Å². The molecular weight excluding hydrogens is 438 g/mol. The Balaban J connectivity index is 1.75. The minimum absolute atomic E-state index is 0.174. The van der Waals surface area contributed by atoms with Crippen molar-refractivity contribution in [1.29, 1.82) is 0 Å². The third-order valence-corrected chi connectivity index (χ3v) is 7.93. The number of aromatic nitrogens is 3. The Morgan fingerprint density at radius 3 is 2.52 bits per heavy atom. The summed E-state index contributed by atoms with van der Waals surface area (Å²) in [4.78, 5) is 17.6. The van der Waals surface area contributed by atoms with Crippen molar-refractivity contribution in [3.8, 4) is 0 Å². The van der Waals surface area contributed by atoms with Crippen molar-refractivity contribution in [1.82, 2.24) is 19.1 Å². The van der Waals surface area contributed by atoms with Crippen LogP contribution in [0.4, 0.5) is 5.69 Å². The molecule has 8 nitrogen and oxygen atoms in total. The summed E-state index contributed by atoms with van der Waals surface area (Å²) in [6.07, 6.45) is 2.64. The van der Waals surface area contributed by atoms with Gasteiger partial charge in [-0.1, -0.05) is 19.9 Å². The number of amides is 1. The molecule has 0 radical (unpaired) electrons. The molecule has 2 aromatic heterocycles. The molecule has 1 amide bonds. The van der Waals surface area contributed by atoms with Crippen LogP contribution in [0.15, 0.2) is 35.4 Å². The number of fused-ring (bicyclic) bond motifs is 1. The van der Waals surface area contributed by atoms with E-state index in [1.165, 1.54) is 10.4 Å². The number of rotatable bonds is 9. The normalized spacial score (nSPS) is 12.1. The topological polar surface area (TPSA) is 97.2 Å². The lowest BCUT2D eigenvalue weighted by Crippen LogP contribution is -2.30. The van der Waals surface area contributed by atoms with Gasteiger partial charge in [-0.15, -0.1) is 0 Å². The van der Waals surface area contributed by atoms with Gasteiger partial charge in [-0.3, -0.25) is 4.79 Å². The maximum absolute atomic E-state index is 12.8. The van der Waals surface area contributed by atoms with Crippen LogP contribution in [0.5, 0.6) is 0 Å². The largest absolute Gasteiger partial charge is 0.326 e. The number of sulfonamides is 1. The molecule has 0 aliphatic heterocycles. The van der Waals surface area contributed by atoms with E-state index in [4.69, 9.17) is 4.98 Å². The molecule has 2 heterocycles. The molecule has 0 saturated carbocycles. The second-order valence-corrected chi connectivity index (χ2v) is 10.3.